The molecule has 0 bridgehead atoms. The summed E-state index contributed by atoms with van der Waals surface area (Å²) in [7, 11) is 1.62. The number of rotatable bonds is 8. The normalized spacial score (nSPS) is 19.6. The Morgan fingerprint density at radius 1 is 1.30 bits per heavy atom. The Balaban J connectivity index is 1.49. The van der Waals surface area contributed by atoms with Crippen LogP contribution in [0.4, 0.5) is 5.13 Å². The number of carbonyl (C=O) groups is 1. The number of nitrogens with one attached hydrogen (secondary N) is 1. The molecule has 1 unspecified atom stereocenters. The first-order chi connectivity index (χ1) is 13.1. The lowest BCUT2D eigenvalue weighted by Crippen LogP contribution is -2.15. The Kier molecular flexibility index (Phi) is 7.11. The topological polar surface area (TPSA) is 86.2 Å². The van der Waals surface area contributed by atoms with Crippen molar-refractivity contribution in [1.29, 1.82) is 0 Å². The van der Waals surface area contributed by atoms with Gasteiger partial charge in [-0.2, -0.15) is 0 Å². The van der Waals surface area contributed by atoms with Crippen molar-refractivity contribution < 1.29 is 14.3 Å². The van der Waals surface area contributed by atoms with E-state index in [4.69, 9.17) is 9.47 Å². The summed E-state index contributed by atoms with van der Waals surface area (Å²) >= 11 is 1.49. The maximum Gasteiger partial charge on any atom is 0.232 e. The van der Waals surface area contributed by atoms with E-state index in [1.807, 2.05) is 0 Å². The predicted octanol–water partition coefficient (Wildman–Crippen LogP) is 3.43. The number of aromatic nitrogens is 3. The molecule has 27 heavy (non-hydrogen) atoms. The number of ether oxygens (including phenoxy) is 2. The van der Waals surface area contributed by atoms with Crippen LogP contribution in [0.2, 0.25) is 0 Å². The van der Waals surface area contributed by atoms with Crippen LogP contribution >= 0.6 is 11.3 Å². The van der Waals surface area contributed by atoms with Crippen LogP contribution in [-0.2, 0) is 16.0 Å². The van der Waals surface area contributed by atoms with Crippen LogP contribution < -0.4 is 10.1 Å². The molecule has 0 spiro atoms. The second-order valence-electron chi connectivity index (χ2n) is 6.97. The van der Waals surface area contributed by atoms with Gasteiger partial charge in [-0.15, -0.1) is 10.2 Å². The van der Waals surface area contributed by atoms with Gasteiger partial charge in [-0.25, -0.2) is 0 Å². The van der Waals surface area contributed by atoms with Crippen LogP contribution in [0.1, 0.15) is 49.2 Å². The number of carbonyl (C=O) groups excluding carboxylic acids is 1. The van der Waals surface area contributed by atoms with Crippen molar-refractivity contribution in [1.82, 2.24) is 15.2 Å². The molecule has 1 fully saturated rings. The number of nitrogens with zero attached hydrogens (tertiary/aromatic N) is 3. The summed E-state index contributed by atoms with van der Waals surface area (Å²) in [6.07, 6.45) is 6.66. The number of pyridine rings is 1. The Hall–Kier alpha value is -2.06. The molecule has 0 aliphatic heterocycles. The largest absolute Gasteiger partial charge is 0.490 e. The summed E-state index contributed by atoms with van der Waals surface area (Å²) in [6, 6.07) is 3.59. The highest BCUT2D eigenvalue weighted by Crippen LogP contribution is 2.37. The summed E-state index contributed by atoms with van der Waals surface area (Å²) in [5.74, 6) is 1.73. The second-order valence-corrected chi connectivity index (χ2v) is 7.97. The molecule has 146 valence electrons. The molecule has 1 amide bonds. The van der Waals surface area contributed by atoms with Crippen molar-refractivity contribution in [3.05, 3.63) is 29.0 Å². The molecule has 1 saturated carbocycles. The average molecular weight is 391 g/mol. The first-order valence-electron chi connectivity index (χ1n) is 9.34. The molecule has 2 heterocycles. The molecule has 2 aromatic heterocycles. The van der Waals surface area contributed by atoms with E-state index in [9.17, 15) is 4.79 Å². The van der Waals surface area contributed by atoms with Gasteiger partial charge in [-0.05, 0) is 30.9 Å². The molecular weight excluding hydrogens is 364 g/mol. The maximum absolute atomic E-state index is 12.3. The van der Waals surface area contributed by atoms with Crippen molar-refractivity contribution in [2.75, 3.05) is 25.6 Å². The summed E-state index contributed by atoms with van der Waals surface area (Å²) < 4.78 is 10.4. The molecule has 3 rings (SSSR count). The third-order valence-electron chi connectivity index (χ3n) is 4.67. The van der Waals surface area contributed by atoms with Crippen molar-refractivity contribution in [2.24, 2.45) is 5.92 Å². The molecule has 7 nitrogen and oxygen atoms in total. The molecule has 0 aromatic carbocycles. The van der Waals surface area contributed by atoms with Crippen LogP contribution in [0.5, 0.6) is 5.75 Å². The van der Waals surface area contributed by atoms with Gasteiger partial charge in [0.1, 0.15) is 17.4 Å². The summed E-state index contributed by atoms with van der Waals surface area (Å²) in [4.78, 5) is 16.5. The van der Waals surface area contributed by atoms with Crippen LogP contribution in [0.25, 0.3) is 0 Å². The fraction of sp³-hybridized carbons (Fsp3) is 0.579. The number of anilines is 1. The number of methoxy groups -OCH3 is 1. The van der Waals surface area contributed by atoms with E-state index in [2.05, 4.69) is 27.4 Å². The van der Waals surface area contributed by atoms with Gasteiger partial charge in [0.2, 0.25) is 11.0 Å². The molecule has 1 aliphatic carbocycles. The van der Waals surface area contributed by atoms with Crippen LogP contribution in [0, 0.1) is 5.92 Å². The van der Waals surface area contributed by atoms with Gasteiger partial charge in [-0.3, -0.25) is 9.78 Å². The lowest BCUT2D eigenvalue weighted by Gasteiger charge is -2.24. The first kappa shape index (κ1) is 19.7. The average Bonchev–Trinajstić information content (AvgIpc) is 3.12. The van der Waals surface area contributed by atoms with Gasteiger partial charge in [0.15, 0.2) is 0 Å². The van der Waals surface area contributed by atoms with Crippen LogP contribution in [0.15, 0.2) is 18.3 Å². The zero-order chi connectivity index (χ0) is 19.1. The lowest BCUT2D eigenvalue weighted by molar-refractivity contribution is -0.115. The fourth-order valence-electron chi connectivity index (χ4n) is 3.28. The molecule has 2 atom stereocenters. The minimum atomic E-state index is -0.143. The van der Waals surface area contributed by atoms with E-state index in [-0.39, 0.29) is 12.3 Å². The van der Waals surface area contributed by atoms with Crippen molar-refractivity contribution in [2.45, 2.75) is 44.9 Å². The van der Waals surface area contributed by atoms with Crippen molar-refractivity contribution in [3.8, 4) is 5.75 Å². The number of hydrogen-bond acceptors (Lipinski definition) is 7. The second kappa shape index (κ2) is 9.75. The van der Waals surface area contributed by atoms with E-state index in [0.717, 1.165) is 23.8 Å². The van der Waals surface area contributed by atoms with E-state index in [1.165, 1.54) is 24.2 Å². The predicted molar refractivity (Wildman–Crippen MR) is 104 cm³/mol. The van der Waals surface area contributed by atoms with Crippen molar-refractivity contribution >= 4 is 22.4 Å². The van der Waals surface area contributed by atoms with E-state index in [0.29, 0.717) is 35.7 Å². The van der Waals surface area contributed by atoms with Gasteiger partial charge >= 0.3 is 0 Å². The summed E-state index contributed by atoms with van der Waals surface area (Å²) in [5, 5.41) is 12.9. The molecule has 1 N–H and O–H groups in total. The maximum atomic E-state index is 12.3. The zero-order valence-electron chi connectivity index (χ0n) is 15.8. The van der Waals surface area contributed by atoms with Gasteiger partial charge in [-0.1, -0.05) is 31.1 Å². The third kappa shape index (κ3) is 5.97. The lowest BCUT2D eigenvalue weighted by atomic mass is 9.83. The Morgan fingerprint density at radius 2 is 2.19 bits per heavy atom. The first-order valence-corrected chi connectivity index (χ1v) is 10.2. The molecule has 0 radical (unpaired) electrons. The number of amides is 1. The highest BCUT2D eigenvalue weighted by atomic mass is 32.1. The Bertz CT molecular complexity index is 735. The van der Waals surface area contributed by atoms with E-state index < -0.39 is 0 Å². The summed E-state index contributed by atoms with van der Waals surface area (Å²) in [6.45, 7) is 3.28. The minimum absolute atomic E-state index is 0.143. The van der Waals surface area contributed by atoms with Gasteiger partial charge < -0.3 is 14.8 Å². The van der Waals surface area contributed by atoms with Gasteiger partial charge in [0.05, 0.1) is 19.2 Å². The Morgan fingerprint density at radius 3 is 2.93 bits per heavy atom. The fourth-order valence-corrected chi connectivity index (χ4v) is 4.19. The van der Waals surface area contributed by atoms with Gasteiger partial charge in [0.25, 0.3) is 0 Å². The SMILES string of the molecule is COCCOc1ccc(CC(=O)Nc2nnc(C3CCC[C@H](C)C3)s2)nc1. The van der Waals surface area contributed by atoms with Gasteiger partial charge in [0, 0.05) is 18.7 Å². The Labute approximate surface area is 163 Å². The molecule has 2 aromatic rings. The zero-order valence-corrected chi connectivity index (χ0v) is 16.6. The molecule has 8 heteroatoms. The third-order valence-corrected chi connectivity index (χ3v) is 5.67. The monoisotopic (exact) mass is 390 g/mol. The highest BCUT2D eigenvalue weighted by molar-refractivity contribution is 7.15. The van der Waals surface area contributed by atoms with E-state index >= 15 is 0 Å². The molecule has 0 saturated heterocycles. The highest BCUT2D eigenvalue weighted by Gasteiger charge is 2.24. The molecular formula is C19H26N4O3S. The minimum Gasteiger partial charge on any atom is -0.490 e. The standard InChI is InChI=1S/C19H26N4O3S/c1-13-4-3-5-14(10-13)18-22-23-19(27-18)21-17(24)11-15-6-7-16(12-20-15)26-9-8-25-2/h6-7,12-14H,3-5,8-11H2,1-2H3,(H,21,23,24)/t13-,14?/m0/s1. The van der Waals surface area contributed by atoms with Crippen molar-refractivity contribution in [3.63, 3.8) is 0 Å². The summed E-state index contributed by atoms with van der Waals surface area (Å²) in [5.41, 5.74) is 0.678. The van der Waals surface area contributed by atoms with E-state index in [1.54, 1.807) is 25.4 Å². The molecule has 1 aliphatic rings. The van der Waals surface area contributed by atoms with Crippen LogP contribution in [0.3, 0.4) is 0 Å². The van der Waals surface area contributed by atoms with Crippen LogP contribution in [-0.4, -0.2) is 41.4 Å². The number of hydrogen-bond donors (Lipinski definition) is 1. The smallest absolute Gasteiger partial charge is 0.232 e. The quantitative estimate of drug-likeness (QED) is 0.695.